The Bertz CT molecular complexity index is 346. The Morgan fingerprint density at radius 1 is 1.33 bits per heavy atom. The van der Waals surface area contributed by atoms with Crippen molar-refractivity contribution in [2.45, 2.75) is 64.8 Å². The highest BCUT2D eigenvalue weighted by Crippen LogP contribution is 2.27. The fraction of sp³-hybridized carbons (Fsp3) is 0.875. The highest BCUT2D eigenvalue weighted by atomic mass is 16.4. The van der Waals surface area contributed by atoms with Crippen LogP contribution >= 0.6 is 0 Å². The summed E-state index contributed by atoms with van der Waals surface area (Å²) in [4.78, 5) is 25.4. The van der Waals surface area contributed by atoms with Gasteiger partial charge in [-0.15, -0.1) is 0 Å². The van der Waals surface area contributed by atoms with E-state index in [4.69, 9.17) is 5.73 Å². The molecule has 1 saturated heterocycles. The molecule has 1 aliphatic rings. The second-order valence-electron chi connectivity index (χ2n) is 6.13. The molecular formula is C16H30N2O3. The number of carboxylic acid groups (broad SMARTS) is 1. The third kappa shape index (κ3) is 5.30. The van der Waals surface area contributed by atoms with Crippen LogP contribution in [0.1, 0.15) is 58.8 Å². The number of amides is 1. The molecule has 122 valence electrons. The van der Waals surface area contributed by atoms with Gasteiger partial charge in [0.25, 0.3) is 0 Å². The second kappa shape index (κ2) is 9.03. The molecule has 1 aliphatic heterocycles. The molecular weight excluding hydrogens is 268 g/mol. The second-order valence-corrected chi connectivity index (χ2v) is 6.13. The number of carbonyl (C=O) groups excluding carboxylic acids is 1. The number of rotatable bonds is 8. The van der Waals surface area contributed by atoms with Gasteiger partial charge in [-0.05, 0) is 44.1 Å². The van der Waals surface area contributed by atoms with Crippen molar-refractivity contribution in [1.82, 2.24) is 4.90 Å². The van der Waals surface area contributed by atoms with Gasteiger partial charge in [0.15, 0.2) is 0 Å². The Kier molecular flexibility index (Phi) is 7.72. The van der Waals surface area contributed by atoms with E-state index in [1.54, 1.807) is 4.90 Å². The first-order valence-electron chi connectivity index (χ1n) is 8.25. The van der Waals surface area contributed by atoms with Crippen LogP contribution < -0.4 is 5.73 Å². The maximum atomic E-state index is 12.4. The first-order valence-corrected chi connectivity index (χ1v) is 8.25. The van der Waals surface area contributed by atoms with Gasteiger partial charge in [-0.2, -0.15) is 0 Å². The van der Waals surface area contributed by atoms with Gasteiger partial charge >= 0.3 is 5.97 Å². The minimum Gasteiger partial charge on any atom is -0.480 e. The fourth-order valence-corrected chi connectivity index (χ4v) is 3.20. The summed E-state index contributed by atoms with van der Waals surface area (Å²) in [5.74, 6) is 0.0223. The molecule has 5 heteroatoms. The number of hydrogen-bond donors (Lipinski definition) is 2. The third-order valence-corrected chi connectivity index (χ3v) is 4.81. The van der Waals surface area contributed by atoms with Crippen molar-refractivity contribution in [1.29, 1.82) is 0 Å². The average Bonchev–Trinajstić information content (AvgIpc) is 2.50. The predicted octanol–water partition coefficient (Wildman–Crippen LogP) is 2.24. The van der Waals surface area contributed by atoms with Crippen LogP contribution in [0, 0.1) is 11.8 Å². The van der Waals surface area contributed by atoms with E-state index in [-0.39, 0.29) is 5.91 Å². The molecule has 1 fully saturated rings. The standard InChI is InChI=1S/C16H30N2O3/c1-3-12(7-9-17)5-6-15(19)18-10-8-13(4-2)11-14(18)16(20)21/h12-14H,3-11,17H2,1-2H3,(H,20,21). The van der Waals surface area contributed by atoms with E-state index in [0.29, 0.717) is 37.8 Å². The lowest BCUT2D eigenvalue weighted by molar-refractivity contribution is -0.153. The smallest absolute Gasteiger partial charge is 0.326 e. The van der Waals surface area contributed by atoms with E-state index in [0.717, 1.165) is 32.1 Å². The Balaban J connectivity index is 2.56. The third-order valence-electron chi connectivity index (χ3n) is 4.81. The Labute approximate surface area is 127 Å². The van der Waals surface area contributed by atoms with E-state index < -0.39 is 12.0 Å². The van der Waals surface area contributed by atoms with Crippen molar-refractivity contribution in [2.24, 2.45) is 17.6 Å². The van der Waals surface area contributed by atoms with Crippen molar-refractivity contribution >= 4 is 11.9 Å². The van der Waals surface area contributed by atoms with Gasteiger partial charge < -0.3 is 15.7 Å². The topological polar surface area (TPSA) is 83.6 Å². The SMILES string of the molecule is CCC(CCN)CCC(=O)N1CCC(CC)CC1C(=O)O. The zero-order chi connectivity index (χ0) is 15.8. The molecule has 3 N–H and O–H groups in total. The van der Waals surface area contributed by atoms with Crippen LogP contribution in [0.5, 0.6) is 0 Å². The van der Waals surface area contributed by atoms with Gasteiger partial charge in [0.05, 0.1) is 0 Å². The quantitative estimate of drug-likeness (QED) is 0.720. The molecule has 0 spiro atoms. The highest BCUT2D eigenvalue weighted by molar-refractivity contribution is 5.83. The summed E-state index contributed by atoms with van der Waals surface area (Å²) in [6.07, 6.45) is 5.71. The minimum absolute atomic E-state index is 0.00701. The monoisotopic (exact) mass is 298 g/mol. The number of nitrogens with two attached hydrogens (primary N) is 1. The molecule has 1 amide bonds. The van der Waals surface area contributed by atoms with E-state index in [1.165, 1.54) is 0 Å². The summed E-state index contributed by atoms with van der Waals surface area (Å²) in [7, 11) is 0. The molecule has 3 unspecified atom stereocenters. The maximum Gasteiger partial charge on any atom is 0.326 e. The van der Waals surface area contributed by atoms with Gasteiger partial charge in [-0.25, -0.2) is 4.79 Å². The van der Waals surface area contributed by atoms with E-state index in [9.17, 15) is 14.7 Å². The molecule has 5 nitrogen and oxygen atoms in total. The molecule has 0 radical (unpaired) electrons. The highest BCUT2D eigenvalue weighted by Gasteiger charge is 2.35. The van der Waals surface area contributed by atoms with E-state index >= 15 is 0 Å². The summed E-state index contributed by atoms with van der Waals surface area (Å²) in [6.45, 7) is 5.42. The van der Waals surface area contributed by atoms with Gasteiger partial charge in [0, 0.05) is 13.0 Å². The fourth-order valence-electron chi connectivity index (χ4n) is 3.20. The van der Waals surface area contributed by atoms with Crippen LogP contribution in [0.15, 0.2) is 0 Å². The van der Waals surface area contributed by atoms with Crippen LogP contribution in [-0.2, 0) is 9.59 Å². The number of aliphatic carboxylic acids is 1. The van der Waals surface area contributed by atoms with Crippen molar-refractivity contribution in [3.63, 3.8) is 0 Å². The lowest BCUT2D eigenvalue weighted by atomic mass is 9.88. The van der Waals surface area contributed by atoms with E-state index in [2.05, 4.69) is 13.8 Å². The number of hydrogen-bond acceptors (Lipinski definition) is 3. The number of carbonyl (C=O) groups is 2. The molecule has 0 aliphatic carbocycles. The van der Waals surface area contributed by atoms with E-state index in [1.807, 2.05) is 0 Å². The predicted molar refractivity (Wildman–Crippen MR) is 82.8 cm³/mol. The Morgan fingerprint density at radius 2 is 2.05 bits per heavy atom. The molecule has 0 aromatic rings. The molecule has 0 saturated carbocycles. The van der Waals surface area contributed by atoms with Crippen LogP contribution in [0.2, 0.25) is 0 Å². The Morgan fingerprint density at radius 3 is 2.57 bits per heavy atom. The van der Waals surface area contributed by atoms with Gasteiger partial charge in [-0.3, -0.25) is 4.79 Å². The van der Waals surface area contributed by atoms with Crippen molar-refractivity contribution in [3.8, 4) is 0 Å². The van der Waals surface area contributed by atoms with Crippen LogP contribution in [0.3, 0.4) is 0 Å². The van der Waals surface area contributed by atoms with Crippen molar-refractivity contribution in [3.05, 3.63) is 0 Å². The van der Waals surface area contributed by atoms with Gasteiger partial charge in [0.1, 0.15) is 6.04 Å². The number of piperidine rings is 1. The number of likely N-dealkylation sites (tertiary alicyclic amines) is 1. The zero-order valence-electron chi connectivity index (χ0n) is 13.4. The zero-order valence-corrected chi connectivity index (χ0v) is 13.4. The molecule has 1 heterocycles. The molecule has 1 rings (SSSR count). The van der Waals surface area contributed by atoms with Gasteiger partial charge in [-0.1, -0.05) is 26.7 Å². The first kappa shape index (κ1) is 18.0. The normalized spacial score (nSPS) is 23.9. The largest absolute Gasteiger partial charge is 0.480 e. The average molecular weight is 298 g/mol. The number of carboxylic acids is 1. The first-order chi connectivity index (χ1) is 10.0. The van der Waals surface area contributed by atoms with Crippen molar-refractivity contribution < 1.29 is 14.7 Å². The summed E-state index contributed by atoms with van der Waals surface area (Å²) >= 11 is 0. The van der Waals surface area contributed by atoms with Crippen LogP contribution in [-0.4, -0.2) is 41.0 Å². The lowest BCUT2D eigenvalue weighted by Crippen LogP contribution is -2.50. The lowest BCUT2D eigenvalue weighted by Gasteiger charge is -2.37. The van der Waals surface area contributed by atoms with Crippen LogP contribution in [0.4, 0.5) is 0 Å². The molecule has 0 aromatic carbocycles. The molecule has 21 heavy (non-hydrogen) atoms. The molecule has 0 aromatic heterocycles. The van der Waals surface area contributed by atoms with Crippen LogP contribution in [0.25, 0.3) is 0 Å². The Hall–Kier alpha value is -1.10. The minimum atomic E-state index is -0.865. The van der Waals surface area contributed by atoms with Gasteiger partial charge in [0.2, 0.25) is 5.91 Å². The maximum absolute atomic E-state index is 12.4. The summed E-state index contributed by atoms with van der Waals surface area (Å²) in [5.41, 5.74) is 5.57. The number of nitrogens with zero attached hydrogens (tertiary/aromatic N) is 1. The summed E-state index contributed by atoms with van der Waals surface area (Å²) < 4.78 is 0. The molecule has 0 bridgehead atoms. The molecule has 3 atom stereocenters. The summed E-state index contributed by atoms with van der Waals surface area (Å²) in [6, 6.07) is -0.634. The van der Waals surface area contributed by atoms with Crippen molar-refractivity contribution in [2.75, 3.05) is 13.1 Å². The summed E-state index contributed by atoms with van der Waals surface area (Å²) in [5, 5.41) is 9.37.